The number of amides is 2. The first-order chi connectivity index (χ1) is 27.6. The van der Waals surface area contributed by atoms with Crippen molar-refractivity contribution < 1.29 is 36.6 Å². The van der Waals surface area contributed by atoms with Crippen LogP contribution in [0.4, 0.5) is 0 Å². The van der Waals surface area contributed by atoms with Crippen molar-refractivity contribution in [2.75, 3.05) is 54.4 Å². The molecule has 0 spiro atoms. The molecule has 3 aromatic rings. The van der Waals surface area contributed by atoms with E-state index in [1.54, 1.807) is 6.92 Å². The number of allylic oxidation sites excluding steroid dienone is 2. The molecule has 321 valence electrons. The number of hydrogen-bond donors (Lipinski definition) is 3. The van der Waals surface area contributed by atoms with Crippen LogP contribution < -0.4 is 20.6 Å². The zero-order valence-electron chi connectivity index (χ0n) is 36.3. The second kappa shape index (κ2) is 21.1. The maximum absolute atomic E-state index is 13.9. The van der Waals surface area contributed by atoms with Gasteiger partial charge in [-0.05, 0) is 123 Å². The first-order valence-electron chi connectivity index (χ1n) is 20.7. The van der Waals surface area contributed by atoms with Crippen LogP contribution in [0.5, 0.6) is 0 Å². The van der Waals surface area contributed by atoms with Gasteiger partial charge >= 0.3 is 23.0 Å². The number of aromatic nitrogens is 4. The summed E-state index contributed by atoms with van der Waals surface area (Å²) >= 11 is 0. The molecule has 59 heavy (non-hydrogen) atoms. The molecule has 0 aromatic carbocycles. The van der Waals surface area contributed by atoms with Gasteiger partial charge in [-0.3, -0.25) is 14.6 Å². The standard InChI is InChI=1S/C46H64N8O4.Cu/c1-11-31-27(3)35-24-37-29(5)33(17-18-41(55)47-19-13-15-21-53(7)8)44(51-37)34(23-42(56)48-20-14-16-22-54(9)10)45-43(46(57)58)30(6)38(52-45)26-40-32(12-2)28(4)36(50-40)25-39(31)49-35;/h11,24-26,29,33H,1,12-23H2,2-10H3,(H5,47,48,49,50,51,52,55,56,57,58);/q;+2/p-2. The number of carboxylic acids is 1. The molecular formula is C46H62CuN8O4. The van der Waals surface area contributed by atoms with E-state index in [4.69, 9.17) is 19.9 Å². The fourth-order valence-electron chi connectivity index (χ4n) is 8.10. The average molecular weight is 855 g/mol. The Labute approximate surface area is 360 Å². The van der Waals surface area contributed by atoms with E-state index >= 15 is 0 Å². The molecule has 1 radical (unpaired) electrons. The summed E-state index contributed by atoms with van der Waals surface area (Å²) in [6, 6.07) is 5.83. The molecule has 0 saturated heterocycles. The quantitative estimate of drug-likeness (QED) is 0.0901. The van der Waals surface area contributed by atoms with Crippen molar-refractivity contribution in [2.24, 2.45) is 0 Å². The summed E-state index contributed by atoms with van der Waals surface area (Å²) in [5, 5.41) is 16.9. The van der Waals surface area contributed by atoms with Crippen molar-refractivity contribution in [2.45, 2.75) is 97.8 Å². The van der Waals surface area contributed by atoms with Crippen molar-refractivity contribution in [1.82, 2.24) is 40.4 Å². The van der Waals surface area contributed by atoms with E-state index < -0.39 is 5.97 Å². The molecule has 3 aromatic heterocycles. The molecule has 0 aliphatic carbocycles. The molecule has 2 unspecified atom stereocenters. The molecule has 2 aliphatic rings. The fourth-order valence-corrected chi connectivity index (χ4v) is 8.10. The molecule has 13 heteroatoms. The summed E-state index contributed by atoms with van der Waals surface area (Å²) in [4.78, 5) is 65.1. The summed E-state index contributed by atoms with van der Waals surface area (Å²) in [5.41, 5.74) is 9.90. The van der Waals surface area contributed by atoms with Crippen LogP contribution in [-0.4, -0.2) is 97.0 Å². The average Bonchev–Trinajstić information content (AvgIpc) is 3.85. The van der Waals surface area contributed by atoms with Crippen LogP contribution in [0, 0.1) is 13.8 Å². The van der Waals surface area contributed by atoms with Crippen molar-refractivity contribution in [3.05, 3.63) is 75.4 Å². The third-order valence-corrected chi connectivity index (χ3v) is 11.5. The van der Waals surface area contributed by atoms with E-state index in [1.165, 1.54) is 0 Å². The summed E-state index contributed by atoms with van der Waals surface area (Å²) in [6.45, 7) is 17.0. The smallest absolute Gasteiger partial charge is 0.657 e. The molecule has 12 nitrogen and oxygen atoms in total. The molecule has 0 fully saturated rings. The molecule has 5 rings (SSSR count). The third-order valence-electron chi connectivity index (χ3n) is 11.5. The Hall–Kier alpha value is -4.55. The zero-order chi connectivity index (χ0) is 42.3. The van der Waals surface area contributed by atoms with Crippen molar-refractivity contribution in [3.63, 3.8) is 0 Å². The van der Waals surface area contributed by atoms with Gasteiger partial charge < -0.3 is 35.5 Å². The Kier molecular flexibility index (Phi) is 16.9. The predicted molar refractivity (Wildman–Crippen MR) is 234 cm³/mol. The minimum atomic E-state index is -1.14. The fraction of sp³-hybridized carbons (Fsp3) is 0.500. The summed E-state index contributed by atoms with van der Waals surface area (Å²) in [7, 11) is 8.11. The summed E-state index contributed by atoms with van der Waals surface area (Å²) < 4.78 is 0. The van der Waals surface area contributed by atoms with Crippen LogP contribution in [0.15, 0.2) is 24.8 Å². The number of carbonyl (C=O) groups excluding carboxylic acids is 2. The maximum Gasteiger partial charge on any atom is 2.00 e. The Bertz CT molecular complexity index is 2230. The Morgan fingerprint density at radius 2 is 1.46 bits per heavy atom. The van der Waals surface area contributed by atoms with Gasteiger partial charge in [-0.15, -0.1) is 22.1 Å². The molecule has 2 atom stereocenters. The van der Waals surface area contributed by atoms with E-state index in [0.717, 1.165) is 83.5 Å². The van der Waals surface area contributed by atoms with Gasteiger partial charge in [-0.2, -0.15) is 0 Å². The van der Waals surface area contributed by atoms with Gasteiger partial charge in [0.1, 0.15) is 0 Å². The van der Waals surface area contributed by atoms with Crippen molar-refractivity contribution in [1.29, 1.82) is 0 Å². The Morgan fingerprint density at radius 3 is 2.05 bits per heavy atom. The minimum absolute atomic E-state index is 0. The van der Waals surface area contributed by atoms with Crippen LogP contribution in [0.3, 0.4) is 0 Å². The van der Waals surface area contributed by atoms with E-state index in [9.17, 15) is 19.5 Å². The normalized spacial score (nSPS) is 15.1. The monoisotopic (exact) mass is 853 g/mol. The third kappa shape index (κ3) is 11.2. The number of hydrogen-bond acceptors (Lipinski definition) is 7. The molecule has 2 amide bonds. The number of carboxylic acid groups (broad SMARTS) is 1. The van der Waals surface area contributed by atoms with Gasteiger partial charge in [0.25, 0.3) is 0 Å². The van der Waals surface area contributed by atoms with Crippen molar-refractivity contribution >= 4 is 57.1 Å². The second-order valence-electron chi connectivity index (χ2n) is 16.3. The molecule has 3 N–H and O–H groups in total. The number of fused-ring (bicyclic) bond motifs is 8. The van der Waals surface area contributed by atoms with Gasteiger partial charge in [0.2, 0.25) is 11.8 Å². The number of nitrogens with one attached hydrogen (secondary N) is 2. The first-order valence-corrected chi connectivity index (χ1v) is 20.7. The number of rotatable bonds is 18. The van der Waals surface area contributed by atoms with Gasteiger partial charge in [0, 0.05) is 48.3 Å². The predicted octanol–water partition coefficient (Wildman–Crippen LogP) is 7.00. The van der Waals surface area contributed by atoms with E-state index in [-0.39, 0.29) is 64.6 Å². The Balaban J connectivity index is 0.00000769. The molecular weight excluding hydrogens is 792 g/mol. The van der Waals surface area contributed by atoms with Crippen LogP contribution in [-0.2, 0) is 33.1 Å². The first kappa shape index (κ1) is 47.1. The number of aromatic carboxylic acids is 1. The molecule has 5 heterocycles. The number of carbonyl (C=O) groups is 3. The van der Waals surface area contributed by atoms with Gasteiger partial charge in [-0.1, -0.05) is 55.8 Å². The SMILES string of the molecule is C=Cc1c(C)c2cc3nc(c(CC(=O)NCCCCN(C)C)c4[n-]c(cc5nc(cc1[n-]2)C(C)=C5CC)c(C)c4C(=O)O)C(CCC(=O)NCCCCN(C)C)C3C.[Cu+2]. The van der Waals surface area contributed by atoms with Crippen LogP contribution in [0.2, 0.25) is 0 Å². The van der Waals surface area contributed by atoms with Crippen molar-refractivity contribution in [3.8, 4) is 0 Å². The van der Waals surface area contributed by atoms with Crippen LogP contribution >= 0.6 is 0 Å². The van der Waals surface area contributed by atoms with Gasteiger partial charge in [-0.25, -0.2) is 9.78 Å². The number of nitrogens with zero attached hydrogens (tertiary/aromatic N) is 6. The van der Waals surface area contributed by atoms with E-state index in [1.807, 2.05) is 66.3 Å². The summed E-state index contributed by atoms with van der Waals surface area (Å²) in [6.07, 6.45) is 6.69. The van der Waals surface area contributed by atoms with Gasteiger partial charge in [0.05, 0.1) is 17.8 Å². The zero-order valence-corrected chi connectivity index (χ0v) is 37.3. The minimum Gasteiger partial charge on any atom is -0.657 e. The molecule has 8 bridgehead atoms. The topological polar surface area (TPSA) is 156 Å². The number of aryl methyl sites for hydroxylation is 2. The maximum atomic E-state index is 13.9. The van der Waals surface area contributed by atoms with Crippen LogP contribution in [0.1, 0.15) is 133 Å². The Morgan fingerprint density at radius 1 is 0.847 bits per heavy atom. The van der Waals surface area contributed by atoms with E-state index in [0.29, 0.717) is 54.0 Å². The summed E-state index contributed by atoms with van der Waals surface area (Å²) in [5.74, 6) is -1.91. The molecule has 2 aliphatic heterocycles. The second-order valence-corrected chi connectivity index (χ2v) is 16.3. The molecule has 0 saturated carbocycles. The number of unbranched alkanes of at least 4 members (excludes halogenated alkanes) is 2. The van der Waals surface area contributed by atoms with Crippen LogP contribution in [0.25, 0.3) is 39.3 Å². The largest absolute Gasteiger partial charge is 2.00 e. The van der Waals surface area contributed by atoms with Gasteiger partial charge in [0.15, 0.2) is 0 Å². The van der Waals surface area contributed by atoms with E-state index in [2.05, 4.69) is 40.9 Å².